The molecule has 0 bridgehead atoms. The Bertz CT molecular complexity index is 643. The zero-order valence-electron chi connectivity index (χ0n) is 11.6. The highest BCUT2D eigenvalue weighted by atomic mass is 19.4. The normalized spacial score (nSPS) is 26.7. The Morgan fingerprint density at radius 1 is 1.35 bits per heavy atom. The van der Waals surface area contributed by atoms with Crippen LogP contribution in [0.3, 0.4) is 0 Å². The number of aliphatic hydroxyl groups is 1. The highest BCUT2D eigenvalue weighted by Gasteiger charge is 2.56. The van der Waals surface area contributed by atoms with Gasteiger partial charge >= 0.3 is 12.1 Å². The second kappa shape index (κ2) is 5.78. The van der Waals surface area contributed by atoms with Crippen molar-refractivity contribution in [2.75, 3.05) is 0 Å². The molecule has 2 aliphatic rings. The third-order valence-electron chi connectivity index (χ3n) is 3.39. The Morgan fingerprint density at radius 2 is 1.96 bits per heavy atom. The maximum Gasteiger partial charge on any atom is 0.426 e. The van der Waals surface area contributed by atoms with Gasteiger partial charge in [0, 0.05) is 18.2 Å². The van der Waals surface area contributed by atoms with Crippen LogP contribution in [0.15, 0.2) is 39.9 Å². The van der Waals surface area contributed by atoms with Gasteiger partial charge in [0.2, 0.25) is 5.67 Å². The maximum atomic E-state index is 13.8. The second-order valence-corrected chi connectivity index (χ2v) is 5.27. The van der Waals surface area contributed by atoms with Crippen LogP contribution in [-0.2, 0) is 4.79 Å². The lowest BCUT2D eigenvalue weighted by molar-refractivity contribution is -0.212. The van der Waals surface area contributed by atoms with Gasteiger partial charge in [0.25, 0.3) is 0 Å². The van der Waals surface area contributed by atoms with Gasteiger partial charge in [-0.1, -0.05) is 0 Å². The molecule has 0 radical (unpaired) electrons. The highest BCUT2D eigenvalue weighted by Crippen LogP contribution is 2.44. The molecule has 23 heavy (non-hydrogen) atoms. The van der Waals surface area contributed by atoms with E-state index in [-0.39, 0.29) is 12.1 Å². The first-order chi connectivity index (χ1) is 10.5. The van der Waals surface area contributed by atoms with E-state index in [0.29, 0.717) is 6.08 Å². The summed E-state index contributed by atoms with van der Waals surface area (Å²) < 4.78 is 65.1. The van der Waals surface area contributed by atoms with Crippen LogP contribution in [0, 0.1) is 0 Å². The van der Waals surface area contributed by atoms with Crippen LogP contribution in [0.1, 0.15) is 19.3 Å². The van der Waals surface area contributed by atoms with Crippen molar-refractivity contribution in [1.82, 2.24) is 0 Å². The molecule has 2 aliphatic carbocycles. The van der Waals surface area contributed by atoms with Gasteiger partial charge in [0.1, 0.15) is 17.2 Å². The molecular formula is C14H12F5NO3. The quantitative estimate of drug-likeness (QED) is 0.357. The highest BCUT2D eigenvalue weighted by molar-refractivity contribution is 6.09. The van der Waals surface area contributed by atoms with Crippen molar-refractivity contribution < 1.29 is 37.0 Å². The van der Waals surface area contributed by atoms with Crippen LogP contribution in [0.25, 0.3) is 0 Å². The molecule has 9 heteroatoms. The van der Waals surface area contributed by atoms with E-state index in [0.717, 1.165) is 19.1 Å². The zero-order chi connectivity index (χ0) is 17.4. The van der Waals surface area contributed by atoms with Crippen molar-refractivity contribution in [1.29, 1.82) is 0 Å². The molecule has 0 saturated heterocycles. The van der Waals surface area contributed by atoms with E-state index in [1.165, 1.54) is 0 Å². The first-order valence-corrected chi connectivity index (χ1v) is 6.59. The van der Waals surface area contributed by atoms with Gasteiger partial charge in [-0.05, 0) is 25.0 Å². The fourth-order valence-corrected chi connectivity index (χ4v) is 1.85. The van der Waals surface area contributed by atoms with Gasteiger partial charge in [-0.15, -0.1) is 0 Å². The number of carboxylic acid groups (broad SMARTS) is 1. The molecule has 1 unspecified atom stereocenters. The topological polar surface area (TPSA) is 69.9 Å². The standard InChI is InChI=1S/C14H12F5NO3/c15-10-5-13(16,14(17,18)19)4-3-8(10)11(21)9(12(22)23)6-20-7-1-2-7/h3-4,6-7,21H,1-2,5H2,(H,22,23). The molecule has 4 nitrogen and oxygen atoms in total. The van der Waals surface area contributed by atoms with Gasteiger partial charge in [0.15, 0.2) is 0 Å². The van der Waals surface area contributed by atoms with Crippen LogP contribution >= 0.6 is 0 Å². The van der Waals surface area contributed by atoms with Gasteiger partial charge < -0.3 is 10.2 Å². The molecule has 0 amide bonds. The number of hydrogen-bond donors (Lipinski definition) is 2. The predicted molar refractivity (Wildman–Crippen MR) is 70.6 cm³/mol. The summed E-state index contributed by atoms with van der Waals surface area (Å²) in [5, 5.41) is 18.8. The minimum absolute atomic E-state index is 0.0547. The van der Waals surface area contributed by atoms with E-state index in [1.54, 1.807) is 0 Å². The van der Waals surface area contributed by atoms with E-state index >= 15 is 0 Å². The third kappa shape index (κ3) is 3.59. The molecule has 0 aliphatic heterocycles. The summed E-state index contributed by atoms with van der Waals surface area (Å²) in [6.07, 6.45) is -4.23. The molecule has 0 aromatic rings. The van der Waals surface area contributed by atoms with E-state index in [9.17, 15) is 31.9 Å². The average molecular weight is 337 g/mol. The van der Waals surface area contributed by atoms with Gasteiger partial charge in [-0.3, -0.25) is 4.99 Å². The smallest absolute Gasteiger partial charge is 0.426 e. The summed E-state index contributed by atoms with van der Waals surface area (Å²) in [6.45, 7) is 0. The summed E-state index contributed by atoms with van der Waals surface area (Å²) in [5.41, 5.74) is -5.47. The van der Waals surface area contributed by atoms with Crippen molar-refractivity contribution in [3.63, 3.8) is 0 Å². The SMILES string of the molecule is O=C(O)C(C=NC1CC1)=C(O)C1=C(F)CC(F)(C(F)(F)F)C=C1. The fraction of sp³-hybridized carbons (Fsp3) is 0.429. The number of aliphatic imine (C=N–C) groups is 1. The number of allylic oxidation sites excluding steroid dienone is 3. The van der Waals surface area contributed by atoms with E-state index in [1.807, 2.05) is 0 Å². The molecule has 0 spiro atoms. The Labute approximate surface area is 127 Å². The summed E-state index contributed by atoms with van der Waals surface area (Å²) >= 11 is 0. The second-order valence-electron chi connectivity index (χ2n) is 5.27. The monoisotopic (exact) mass is 337 g/mol. The van der Waals surface area contributed by atoms with E-state index in [4.69, 9.17) is 5.11 Å². The molecule has 1 fully saturated rings. The van der Waals surface area contributed by atoms with Crippen LogP contribution in [0.4, 0.5) is 22.0 Å². The van der Waals surface area contributed by atoms with Crippen LogP contribution in [0.5, 0.6) is 0 Å². The molecule has 2 N–H and O–H groups in total. The first kappa shape index (κ1) is 17.2. The average Bonchev–Trinajstić information content (AvgIpc) is 3.21. The number of carbonyl (C=O) groups is 1. The first-order valence-electron chi connectivity index (χ1n) is 6.59. The molecular weight excluding hydrogens is 325 g/mol. The van der Waals surface area contributed by atoms with Gasteiger partial charge in [0.05, 0.1) is 6.04 Å². The molecule has 2 rings (SSSR count). The number of carboxylic acids is 1. The van der Waals surface area contributed by atoms with E-state index < -0.39 is 47.0 Å². The Hall–Kier alpha value is -2.19. The van der Waals surface area contributed by atoms with Crippen LogP contribution in [0.2, 0.25) is 0 Å². The summed E-state index contributed by atoms with van der Waals surface area (Å²) in [6, 6.07) is -0.0819. The number of alkyl halides is 4. The molecule has 1 atom stereocenters. The Morgan fingerprint density at radius 3 is 2.39 bits per heavy atom. The van der Waals surface area contributed by atoms with Crippen LogP contribution in [-0.4, -0.2) is 40.3 Å². The van der Waals surface area contributed by atoms with Crippen molar-refractivity contribution in [3.05, 3.63) is 34.9 Å². The lowest BCUT2D eigenvalue weighted by Gasteiger charge is -2.27. The van der Waals surface area contributed by atoms with Gasteiger partial charge in [-0.2, -0.15) is 13.2 Å². The minimum atomic E-state index is -5.32. The fourth-order valence-electron chi connectivity index (χ4n) is 1.85. The molecule has 1 saturated carbocycles. The molecule has 126 valence electrons. The van der Waals surface area contributed by atoms with E-state index in [2.05, 4.69) is 4.99 Å². The van der Waals surface area contributed by atoms with Crippen molar-refractivity contribution >= 4 is 12.2 Å². The minimum Gasteiger partial charge on any atom is -0.506 e. The van der Waals surface area contributed by atoms with Crippen molar-refractivity contribution in [2.24, 2.45) is 4.99 Å². The van der Waals surface area contributed by atoms with Gasteiger partial charge in [-0.25, -0.2) is 13.6 Å². The number of nitrogens with zero attached hydrogens (tertiary/aromatic N) is 1. The summed E-state index contributed by atoms with van der Waals surface area (Å²) in [5.74, 6) is -4.32. The van der Waals surface area contributed by atoms with Crippen molar-refractivity contribution in [3.8, 4) is 0 Å². The third-order valence-corrected chi connectivity index (χ3v) is 3.39. The predicted octanol–water partition coefficient (Wildman–Crippen LogP) is 3.57. The number of halogens is 5. The maximum absolute atomic E-state index is 13.8. The summed E-state index contributed by atoms with van der Waals surface area (Å²) in [4.78, 5) is 14.9. The number of aliphatic hydroxyl groups excluding tert-OH is 1. The number of rotatable bonds is 4. The Kier molecular flexibility index (Phi) is 4.32. The number of aliphatic carboxylic acids is 1. The molecule has 0 heterocycles. The largest absolute Gasteiger partial charge is 0.506 e. The van der Waals surface area contributed by atoms with Crippen LogP contribution < -0.4 is 0 Å². The Balaban J connectivity index is 2.36. The number of hydrogen-bond acceptors (Lipinski definition) is 3. The molecule has 0 aromatic carbocycles. The zero-order valence-corrected chi connectivity index (χ0v) is 11.6. The lowest BCUT2D eigenvalue weighted by atomic mass is 9.90. The lowest BCUT2D eigenvalue weighted by Crippen LogP contribution is -2.40. The molecule has 0 aromatic heterocycles. The summed E-state index contributed by atoms with van der Waals surface area (Å²) in [7, 11) is 0. The van der Waals surface area contributed by atoms with Crippen molar-refractivity contribution in [2.45, 2.75) is 37.1 Å².